The smallest absolute Gasteiger partial charge is 0.240 e. The third-order valence-corrected chi connectivity index (χ3v) is 5.69. The highest BCUT2D eigenvalue weighted by Gasteiger charge is 2.13. The highest BCUT2D eigenvalue weighted by molar-refractivity contribution is 7.89. The quantitative estimate of drug-likeness (QED) is 0.810. The Morgan fingerprint density at radius 1 is 1.10 bits per heavy atom. The van der Waals surface area contributed by atoms with E-state index in [0.717, 1.165) is 10.4 Å². The Hall–Kier alpha value is -0.920. The molecule has 1 heterocycles. The molecule has 0 amide bonds. The number of benzene rings is 1. The zero-order valence-corrected chi connectivity index (χ0v) is 13.6. The van der Waals surface area contributed by atoms with Gasteiger partial charge in [-0.3, -0.25) is 0 Å². The zero-order chi connectivity index (χ0) is 15.3. The van der Waals surface area contributed by atoms with Crippen LogP contribution in [0.2, 0.25) is 4.34 Å². The predicted octanol–water partition coefficient (Wildman–Crippen LogP) is 2.46. The molecule has 1 aromatic heterocycles. The Balaban J connectivity index is 1.94. The third kappa shape index (κ3) is 4.79. The second-order valence-electron chi connectivity index (χ2n) is 4.47. The SMILES string of the molecule is O=S(=O)(NCCc1ccc(Cl)s1)c1ccc(CCO)cc1. The zero-order valence-electron chi connectivity index (χ0n) is 11.3. The standard InChI is InChI=1S/C14H16ClNO3S2/c15-14-6-3-12(20-14)7-9-16-21(18,19)13-4-1-11(2-5-13)8-10-17/h1-6,16-17H,7-10H2. The number of sulfonamides is 1. The van der Waals surface area contributed by atoms with Crippen LogP contribution in [0.15, 0.2) is 41.3 Å². The summed E-state index contributed by atoms with van der Waals surface area (Å²) in [7, 11) is -3.50. The second-order valence-corrected chi connectivity index (χ2v) is 8.04. The van der Waals surface area contributed by atoms with Crippen LogP contribution in [-0.2, 0) is 22.9 Å². The molecule has 2 rings (SSSR count). The maximum Gasteiger partial charge on any atom is 0.240 e. The molecule has 2 aromatic rings. The summed E-state index contributed by atoms with van der Waals surface area (Å²) in [5.74, 6) is 0. The molecule has 0 aliphatic heterocycles. The van der Waals surface area contributed by atoms with Crippen molar-refractivity contribution in [3.8, 4) is 0 Å². The van der Waals surface area contributed by atoms with Crippen molar-refractivity contribution in [2.24, 2.45) is 0 Å². The van der Waals surface area contributed by atoms with Crippen molar-refractivity contribution in [1.29, 1.82) is 0 Å². The van der Waals surface area contributed by atoms with Gasteiger partial charge in [0.25, 0.3) is 0 Å². The number of thiophene rings is 1. The molecule has 21 heavy (non-hydrogen) atoms. The molecule has 1 aromatic carbocycles. The van der Waals surface area contributed by atoms with Crippen LogP contribution >= 0.6 is 22.9 Å². The second kappa shape index (κ2) is 7.38. The molecule has 0 aliphatic carbocycles. The van der Waals surface area contributed by atoms with Gasteiger partial charge in [0.2, 0.25) is 10.0 Å². The lowest BCUT2D eigenvalue weighted by atomic mass is 10.2. The fourth-order valence-electron chi connectivity index (χ4n) is 1.84. The number of hydrogen-bond acceptors (Lipinski definition) is 4. The molecule has 0 fully saturated rings. The van der Waals surface area contributed by atoms with Gasteiger partial charge >= 0.3 is 0 Å². The molecule has 0 spiro atoms. The number of hydrogen-bond donors (Lipinski definition) is 2. The monoisotopic (exact) mass is 345 g/mol. The van der Waals surface area contributed by atoms with Gasteiger partial charge < -0.3 is 5.11 Å². The van der Waals surface area contributed by atoms with Gasteiger partial charge in [-0.15, -0.1) is 11.3 Å². The Morgan fingerprint density at radius 2 is 1.81 bits per heavy atom. The van der Waals surface area contributed by atoms with Gasteiger partial charge in [-0.2, -0.15) is 0 Å². The first kappa shape index (κ1) is 16.5. The minimum atomic E-state index is -3.50. The summed E-state index contributed by atoms with van der Waals surface area (Å²) in [6, 6.07) is 10.2. The van der Waals surface area contributed by atoms with Crippen LogP contribution in [0.1, 0.15) is 10.4 Å². The maximum atomic E-state index is 12.1. The topological polar surface area (TPSA) is 66.4 Å². The van der Waals surface area contributed by atoms with E-state index in [2.05, 4.69) is 4.72 Å². The summed E-state index contributed by atoms with van der Waals surface area (Å²) in [5.41, 5.74) is 0.907. The van der Waals surface area contributed by atoms with Gasteiger partial charge in [0.1, 0.15) is 0 Å². The van der Waals surface area contributed by atoms with Crippen LogP contribution in [-0.4, -0.2) is 26.7 Å². The van der Waals surface area contributed by atoms with Crippen LogP contribution < -0.4 is 4.72 Å². The van der Waals surface area contributed by atoms with Crippen molar-refractivity contribution < 1.29 is 13.5 Å². The summed E-state index contributed by atoms with van der Waals surface area (Å²) in [5, 5.41) is 8.84. The Morgan fingerprint density at radius 3 is 2.38 bits per heavy atom. The van der Waals surface area contributed by atoms with E-state index in [0.29, 0.717) is 23.7 Å². The van der Waals surface area contributed by atoms with Crippen molar-refractivity contribution in [3.63, 3.8) is 0 Å². The van der Waals surface area contributed by atoms with Crippen molar-refractivity contribution in [1.82, 2.24) is 4.72 Å². The molecular weight excluding hydrogens is 330 g/mol. The molecule has 2 N–H and O–H groups in total. The lowest BCUT2D eigenvalue weighted by Gasteiger charge is -2.07. The molecule has 7 heteroatoms. The molecule has 0 aliphatic rings. The van der Waals surface area contributed by atoms with Gasteiger partial charge in [-0.25, -0.2) is 13.1 Å². The summed E-state index contributed by atoms with van der Waals surface area (Å²) in [6.07, 6.45) is 1.13. The first-order valence-corrected chi connectivity index (χ1v) is 9.13. The fourth-order valence-corrected chi connectivity index (χ4v) is 3.96. The lowest BCUT2D eigenvalue weighted by Crippen LogP contribution is -2.25. The van der Waals surface area contributed by atoms with Gasteiger partial charge in [0, 0.05) is 18.0 Å². The Kier molecular flexibility index (Phi) is 5.78. The van der Waals surface area contributed by atoms with E-state index in [1.807, 2.05) is 6.07 Å². The van der Waals surface area contributed by atoms with E-state index in [1.165, 1.54) is 11.3 Å². The molecule has 0 unspecified atom stereocenters. The highest BCUT2D eigenvalue weighted by Crippen LogP contribution is 2.21. The maximum absolute atomic E-state index is 12.1. The van der Waals surface area contributed by atoms with Crippen LogP contribution in [0.25, 0.3) is 0 Å². The average Bonchev–Trinajstić information content (AvgIpc) is 2.85. The number of rotatable bonds is 7. The molecule has 0 atom stereocenters. The predicted molar refractivity (Wildman–Crippen MR) is 85.5 cm³/mol. The molecular formula is C14H16ClNO3S2. The molecule has 4 nitrogen and oxygen atoms in total. The fraction of sp³-hybridized carbons (Fsp3) is 0.286. The number of halogens is 1. The van der Waals surface area contributed by atoms with E-state index in [1.54, 1.807) is 30.3 Å². The Labute approximate surface area is 133 Å². The van der Waals surface area contributed by atoms with Crippen molar-refractivity contribution in [2.75, 3.05) is 13.2 Å². The largest absolute Gasteiger partial charge is 0.396 e. The molecule has 114 valence electrons. The minimum Gasteiger partial charge on any atom is -0.396 e. The molecule has 0 bridgehead atoms. The van der Waals surface area contributed by atoms with Crippen LogP contribution in [0.3, 0.4) is 0 Å². The van der Waals surface area contributed by atoms with Gasteiger partial charge in [0.05, 0.1) is 9.23 Å². The minimum absolute atomic E-state index is 0.0493. The van der Waals surface area contributed by atoms with Gasteiger partial charge in [-0.05, 0) is 42.7 Å². The van der Waals surface area contributed by atoms with E-state index in [9.17, 15) is 8.42 Å². The van der Waals surface area contributed by atoms with Crippen LogP contribution in [0.4, 0.5) is 0 Å². The van der Waals surface area contributed by atoms with E-state index < -0.39 is 10.0 Å². The summed E-state index contributed by atoms with van der Waals surface area (Å²) in [6.45, 7) is 0.380. The van der Waals surface area contributed by atoms with Crippen molar-refractivity contribution >= 4 is 33.0 Å². The van der Waals surface area contributed by atoms with Gasteiger partial charge in [0.15, 0.2) is 0 Å². The summed E-state index contributed by atoms with van der Waals surface area (Å²) < 4.78 is 27.5. The number of aliphatic hydroxyl groups excluding tert-OH is 1. The average molecular weight is 346 g/mol. The number of aliphatic hydroxyl groups is 1. The van der Waals surface area contributed by atoms with Gasteiger partial charge in [-0.1, -0.05) is 23.7 Å². The summed E-state index contributed by atoms with van der Waals surface area (Å²) >= 11 is 7.28. The highest BCUT2D eigenvalue weighted by atomic mass is 35.5. The van der Waals surface area contributed by atoms with Crippen molar-refractivity contribution in [2.45, 2.75) is 17.7 Å². The van der Waals surface area contributed by atoms with Crippen molar-refractivity contribution in [3.05, 3.63) is 51.2 Å². The van der Waals surface area contributed by atoms with Crippen LogP contribution in [0, 0.1) is 0 Å². The Bertz CT molecular complexity index is 680. The molecule has 0 radical (unpaired) electrons. The first-order chi connectivity index (χ1) is 10.0. The lowest BCUT2D eigenvalue weighted by molar-refractivity contribution is 0.299. The van der Waals surface area contributed by atoms with E-state index >= 15 is 0 Å². The van der Waals surface area contributed by atoms with Crippen LogP contribution in [0.5, 0.6) is 0 Å². The molecule has 0 saturated carbocycles. The first-order valence-electron chi connectivity index (χ1n) is 6.45. The summed E-state index contributed by atoms with van der Waals surface area (Å²) in [4.78, 5) is 1.27. The van der Waals surface area contributed by atoms with E-state index in [-0.39, 0.29) is 11.5 Å². The third-order valence-electron chi connectivity index (χ3n) is 2.93. The number of nitrogens with one attached hydrogen (secondary N) is 1. The van der Waals surface area contributed by atoms with E-state index in [4.69, 9.17) is 16.7 Å². The molecule has 0 saturated heterocycles. The normalized spacial score (nSPS) is 11.7.